The predicted octanol–water partition coefficient (Wildman–Crippen LogP) is 2.85. The summed E-state index contributed by atoms with van der Waals surface area (Å²) < 4.78 is 43.2. The second-order valence-corrected chi connectivity index (χ2v) is 2.57. The Morgan fingerprint density at radius 2 is 1.92 bits per heavy atom. The molecule has 0 aliphatic heterocycles. The highest BCUT2D eigenvalue weighted by molar-refractivity contribution is 6.17. The standard InChI is InChI=1S/C8H6ClF3O/c1-13-6-2-5(10)4(3-9)7(11)8(6)12/h2H,3H2,1H3. The first-order chi connectivity index (χ1) is 6.11. The van der Waals surface area contributed by atoms with Gasteiger partial charge >= 0.3 is 0 Å². The first-order valence-electron chi connectivity index (χ1n) is 3.38. The molecule has 1 nitrogen and oxygen atoms in total. The van der Waals surface area contributed by atoms with Crippen LogP contribution in [0.25, 0.3) is 0 Å². The lowest BCUT2D eigenvalue weighted by molar-refractivity contribution is 0.364. The molecule has 1 aromatic carbocycles. The summed E-state index contributed by atoms with van der Waals surface area (Å²) in [5.41, 5.74) is -0.486. The van der Waals surface area contributed by atoms with Crippen molar-refractivity contribution in [3.8, 4) is 5.75 Å². The molecule has 0 aliphatic carbocycles. The van der Waals surface area contributed by atoms with Crippen molar-refractivity contribution in [2.75, 3.05) is 7.11 Å². The number of rotatable bonds is 2. The van der Waals surface area contributed by atoms with Crippen molar-refractivity contribution >= 4 is 11.6 Å². The molecule has 0 spiro atoms. The SMILES string of the molecule is COc1cc(F)c(CCl)c(F)c1F. The van der Waals surface area contributed by atoms with Crippen LogP contribution in [0.4, 0.5) is 13.2 Å². The van der Waals surface area contributed by atoms with Crippen LogP contribution in [-0.4, -0.2) is 7.11 Å². The lowest BCUT2D eigenvalue weighted by Crippen LogP contribution is -2.00. The largest absolute Gasteiger partial charge is 0.493 e. The minimum Gasteiger partial charge on any atom is -0.493 e. The van der Waals surface area contributed by atoms with Crippen molar-refractivity contribution in [1.82, 2.24) is 0 Å². The Morgan fingerprint density at radius 3 is 2.38 bits per heavy atom. The van der Waals surface area contributed by atoms with E-state index in [1.165, 1.54) is 0 Å². The zero-order valence-electron chi connectivity index (χ0n) is 6.70. The third-order valence-corrected chi connectivity index (χ3v) is 1.84. The molecular formula is C8H6ClF3O. The quantitative estimate of drug-likeness (QED) is 0.539. The van der Waals surface area contributed by atoms with E-state index in [4.69, 9.17) is 11.6 Å². The van der Waals surface area contributed by atoms with Gasteiger partial charge in [-0.15, -0.1) is 11.6 Å². The van der Waals surface area contributed by atoms with Crippen LogP contribution in [0.3, 0.4) is 0 Å². The van der Waals surface area contributed by atoms with Crippen molar-refractivity contribution < 1.29 is 17.9 Å². The predicted molar refractivity (Wildman–Crippen MR) is 42.4 cm³/mol. The number of methoxy groups -OCH3 is 1. The molecule has 13 heavy (non-hydrogen) atoms. The molecule has 0 fully saturated rings. The van der Waals surface area contributed by atoms with Crippen LogP contribution in [0.15, 0.2) is 6.07 Å². The van der Waals surface area contributed by atoms with Gasteiger partial charge < -0.3 is 4.74 Å². The summed E-state index contributed by atoms with van der Waals surface area (Å²) in [5.74, 6) is -4.32. The maximum absolute atomic E-state index is 12.9. The first-order valence-corrected chi connectivity index (χ1v) is 3.91. The molecule has 0 N–H and O–H groups in total. The van der Waals surface area contributed by atoms with E-state index in [1.807, 2.05) is 0 Å². The van der Waals surface area contributed by atoms with Crippen LogP contribution in [-0.2, 0) is 5.88 Å². The molecule has 0 saturated heterocycles. The molecule has 0 unspecified atom stereocenters. The highest BCUT2D eigenvalue weighted by Crippen LogP contribution is 2.26. The summed E-state index contributed by atoms with van der Waals surface area (Å²) in [6.45, 7) is 0. The Labute approximate surface area is 78.1 Å². The summed E-state index contributed by atoms with van der Waals surface area (Å²) in [5, 5.41) is 0. The third kappa shape index (κ3) is 1.72. The number of halogens is 4. The van der Waals surface area contributed by atoms with E-state index in [0.717, 1.165) is 13.2 Å². The van der Waals surface area contributed by atoms with E-state index in [0.29, 0.717) is 0 Å². The van der Waals surface area contributed by atoms with Crippen molar-refractivity contribution in [3.63, 3.8) is 0 Å². The average molecular weight is 211 g/mol. The summed E-state index contributed by atoms with van der Waals surface area (Å²) in [6.07, 6.45) is 0. The fraction of sp³-hybridized carbons (Fsp3) is 0.250. The fourth-order valence-electron chi connectivity index (χ4n) is 0.882. The van der Waals surface area contributed by atoms with Crippen LogP contribution >= 0.6 is 11.6 Å². The lowest BCUT2D eigenvalue weighted by Gasteiger charge is -2.06. The molecule has 5 heteroatoms. The number of benzene rings is 1. The Bertz CT molecular complexity index is 328. The van der Waals surface area contributed by atoms with Gasteiger partial charge in [-0.05, 0) is 0 Å². The van der Waals surface area contributed by atoms with Crippen LogP contribution < -0.4 is 4.74 Å². The maximum atomic E-state index is 12.9. The summed E-state index contributed by atoms with van der Waals surface area (Å²) in [6, 6.07) is 0.760. The second kappa shape index (κ2) is 3.87. The van der Waals surface area contributed by atoms with Crippen molar-refractivity contribution in [1.29, 1.82) is 0 Å². The van der Waals surface area contributed by atoms with E-state index in [2.05, 4.69) is 4.74 Å². The minimum atomic E-state index is -1.30. The zero-order chi connectivity index (χ0) is 10.0. The highest BCUT2D eigenvalue weighted by Gasteiger charge is 2.18. The minimum absolute atomic E-state index is 0.418. The Balaban J connectivity index is 3.37. The van der Waals surface area contributed by atoms with E-state index >= 15 is 0 Å². The van der Waals surface area contributed by atoms with Gasteiger partial charge in [-0.25, -0.2) is 8.78 Å². The number of hydrogen-bond acceptors (Lipinski definition) is 1. The Kier molecular flexibility index (Phi) is 3.03. The van der Waals surface area contributed by atoms with Crippen LogP contribution in [0, 0.1) is 17.5 Å². The summed E-state index contributed by atoms with van der Waals surface area (Å²) in [7, 11) is 1.12. The Morgan fingerprint density at radius 1 is 1.31 bits per heavy atom. The normalized spacial score (nSPS) is 10.2. The van der Waals surface area contributed by atoms with Gasteiger partial charge in [0.1, 0.15) is 5.82 Å². The van der Waals surface area contributed by atoms with Crippen LogP contribution in [0.2, 0.25) is 0 Å². The molecule has 0 aliphatic rings. The molecule has 0 amide bonds. The topological polar surface area (TPSA) is 9.23 Å². The molecule has 0 bridgehead atoms. The molecule has 1 rings (SSSR count). The van der Waals surface area contributed by atoms with E-state index in [9.17, 15) is 13.2 Å². The van der Waals surface area contributed by atoms with Gasteiger partial charge in [0.25, 0.3) is 0 Å². The summed E-state index contributed by atoms with van der Waals surface area (Å²) >= 11 is 5.22. The fourth-order valence-corrected chi connectivity index (χ4v) is 1.13. The van der Waals surface area contributed by atoms with Gasteiger partial charge in [-0.2, -0.15) is 4.39 Å². The first kappa shape index (κ1) is 10.2. The third-order valence-electron chi connectivity index (χ3n) is 1.57. The second-order valence-electron chi connectivity index (χ2n) is 2.30. The molecule has 0 atom stereocenters. The molecular weight excluding hydrogens is 205 g/mol. The van der Waals surface area contributed by atoms with Crippen LogP contribution in [0.1, 0.15) is 5.56 Å². The number of hydrogen-bond donors (Lipinski definition) is 0. The van der Waals surface area contributed by atoms with E-state index < -0.39 is 34.6 Å². The van der Waals surface area contributed by atoms with Gasteiger partial charge in [-0.1, -0.05) is 0 Å². The average Bonchev–Trinajstić information content (AvgIpc) is 2.12. The Hall–Kier alpha value is -0.900. The van der Waals surface area contributed by atoms with E-state index in [-0.39, 0.29) is 0 Å². The van der Waals surface area contributed by atoms with Crippen molar-refractivity contribution in [2.24, 2.45) is 0 Å². The highest BCUT2D eigenvalue weighted by atomic mass is 35.5. The molecule has 0 heterocycles. The lowest BCUT2D eigenvalue weighted by atomic mass is 10.2. The molecule has 1 aromatic rings. The summed E-state index contributed by atoms with van der Waals surface area (Å²) in [4.78, 5) is 0. The smallest absolute Gasteiger partial charge is 0.201 e. The monoisotopic (exact) mass is 210 g/mol. The zero-order valence-corrected chi connectivity index (χ0v) is 7.46. The molecule has 72 valence electrons. The molecule has 0 radical (unpaired) electrons. The number of ether oxygens (including phenoxy) is 1. The van der Waals surface area contributed by atoms with Gasteiger partial charge in [0, 0.05) is 11.6 Å². The van der Waals surface area contributed by atoms with Crippen molar-refractivity contribution in [3.05, 3.63) is 29.1 Å². The van der Waals surface area contributed by atoms with Gasteiger partial charge in [0.15, 0.2) is 11.6 Å². The molecule has 0 aromatic heterocycles. The van der Waals surface area contributed by atoms with E-state index in [1.54, 1.807) is 0 Å². The van der Waals surface area contributed by atoms with Gasteiger partial charge in [0.05, 0.1) is 13.0 Å². The number of alkyl halides is 1. The van der Waals surface area contributed by atoms with Crippen molar-refractivity contribution in [2.45, 2.75) is 5.88 Å². The molecule has 0 saturated carbocycles. The van der Waals surface area contributed by atoms with Crippen LogP contribution in [0.5, 0.6) is 5.75 Å². The maximum Gasteiger partial charge on any atom is 0.201 e. The van der Waals surface area contributed by atoms with Gasteiger partial charge in [-0.3, -0.25) is 0 Å². The van der Waals surface area contributed by atoms with Gasteiger partial charge in [0.2, 0.25) is 5.82 Å².